The first-order chi connectivity index (χ1) is 13.8. The molecule has 10 nitrogen and oxygen atoms in total. The van der Waals surface area contributed by atoms with Gasteiger partial charge >= 0.3 is 12.0 Å². The minimum atomic E-state index is -1.17. The number of ether oxygens (including phenoxy) is 1. The quantitative estimate of drug-likeness (QED) is 0.551. The van der Waals surface area contributed by atoms with E-state index in [0.717, 1.165) is 11.8 Å². The second-order valence-electron chi connectivity index (χ2n) is 5.81. The number of imide groups is 1. The number of aryl methyl sites for hydroxylation is 1. The molecule has 0 fully saturated rings. The molecule has 0 bridgehead atoms. The number of urea groups is 1. The van der Waals surface area contributed by atoms with Crippen molar-refractivity contribution in [1.29, 1.82) is 0 Å². The first-order valence-corrected chi connectivity index (χ1v) is 9.66. The molecule has 1 unspecified atom stereocenters. The van der Waals surface area contributed by atoms with Crippen LogP contribution in [0, 0.1) is 6.92 Å². The third kappa shape index (κ3) is 8.05. The van der Waals surface area contributed by atoms with E-state index in [1.54, 1.807) is 43.3 Å². The fourth-order valence-electron chi connectivity index (χ4n) is 2.01. The highest BCUT2D eigenvalue weighted by Gasteiger charge is 2.20. The summed E-state index contributed by atoms with van der Waals surface area (Å²) in [5.74, 6) is -1.13. The predicted molar refractivity (Wildman–Crippen MR) is 106 cm³/mol. The summed E-state index contributed by atoms with van der Waals surface area (Å²) < 4.78 is 9.78. The molecule has 3 N–H and O–H groups in total. The van der Waals surface area contributed by atoms with Gasteiger partial charge in [-0.3, -0.25) is 19.7 Å². The van der Waals surface area contributed by atoms with Crippen molar-refractivity contribution in [1.82, 2.24) is 10.5 Å². The summed E-state index contributed by atoms with van der Waals surface area (Å²) in [5, 5.41) is 10.7. The van der Waals surface area contributed by atoms with Crippen LogP contribution in [0.3, 0.4) is 0 Å². The van der Waals surface area contributed by atoms with Crippen LogP contribution in [0.15, 0.2) is 40.9 Å². The number of para-hydroxylation sites is 1. The van der Waals surface area contributed by atoms with E-state index in [9.17, 15) is 19.2 Å². The molecule has 0 radical (unpaired) electrons. The number of hydrogen-bond acceptors (Lipinski definition) is 8. The second-order valence-corrected chi connectivity index (χ2v) is 6.79. The van der Waals surface area contributed by atoms with Crippen LogP contribution in [-0.4, -0.2) is 46.6 Å². The fourth-order valence-corrected chi connectivity index (χ4v) is 2.61. The van der Waals surface area contributed by atoms with Crippen molar-refractivity contribution in [3.8, 4) is 0 Å². The molecule has 1 aromatic carbocycles. The van der Waals surface area contributed by atoms with Crippen LogP contribution in [0.2, 0.25) is 0 Å². The average molecular weight is 420 g/mol. The first-order valence-electron chi connectivity index (χ1n) is 8.51. The van der Waals surface area contributed by atoms with Crippen molar-refractivity contribution in [3.63, 3.8) is 0 Å². The van der Waals surface area contributed by atoms with Crippen molar-refractivity contribution in [2.75, 3.05) is 22.1 Å². The summed E-state index contributed by atoms with van der Waals surface area (Å²) in [6.07, 6.45) is -1.17. The Labute approximate surface area is 170 Å². The topological polar surface area (TPSA) is 140 Å². The van der Waals surface area contributed by atoms with E-state index in [1.165, 1.54) is 6.92 Å². The Morgan fingerprint density at radius 3 is 2.52 bits per heavy atom. The van der Waals surface area contributed by atoms with Gasteiger partial charge in [-0.05, 0) is 26.0 Å². The van der Waals surface area contributed by atoms with Gasteiger partial charge < -0.3 is 19.9 Å². The number of rotatable bonds is 8. The molecule has 0 aliphatic heterocycles. The van der Waals surface area contributed by atoms with Crippen LogP contribution in [0.25, 0.3) is 0 Å². The number of thioether (sulfide) groups is 1. The minimum absolute atomic E-state index is 0.0128. The molecule has 154 valence electrons. The third-order valence-electron chi connectivity index (χ3n) is 3.29. The van der Waals surface area contributed by atoms with Gasteiger partial charge in [-0.25, -0.2) is 4.79 Å². The fraction of sp³-hybridized carbons (Fsp3) is 0.278. The Balaban J connectivity index is 1.65. The van der Waals surface area contributed by atoms with E-state index >= 15 is 0 Å². The van der Waals surface area contributed by atoms with Gasteiger partial charge in [0.25, 0.3) is 5.91 Å². The lowest BCUT2D eigenvalue weighted by Crippen LogP contribution is -2.41. The molecule has 0 spiro atoms. The van der Waals surface area contributed by atoms with Crippen LogP contribution in [-0.2, 0) is 19.1 Å². The summed E-state index contributed by atoms with van der Waals surface area (Å²) in [7, 11) is 0. The van der Waals surface area contributed by atoms with E-state index in [2.05, 4.69) is 21.1 Å². The Morgan fingerprint density at radius 2 is 1.86 bits per heavy atom. The second kappa shape index (κ2) is 10.9. The molecule has 0 aliphatic rings. The van der Waals surface area contributed by atoms with Crippen molar-refractivity contribution in [2.45, 2.75) is 20.0 Å². The van der Waals surface area contributed by atoms with Crippen molar-refractivity contribution < 1.29 is 28.4 Å². The Kier molecular flexibility index (Phi) is 8.22. The largest absolute Gasteiger partial charge is 0.452 e. The number of carbonyl (C=O) groups is 4. The zero-order valence-electron chi connectivity index (χ0n) is 15.8. The van der Waals surface area contributed by atoms with Crippen LogP contribution in [0.1, 0.15) is 12.7 Å². The lowest BCUT2D eigenvalue weighted by molar-refractivity contribution is -0.151. The summed E-state index contributed by atoms with van der Waals surface area (Å²) >= 11 is 1.01. The zero-order valence-corrected chi connectivity index (χ0v) is 16.6. The maximum atomic E-state index is 11.9. The van der Waals surface area contributed by atoms with Gasteiger partial charge in [0.05, 0.1) is 11.5 Å². The molecular weight excluding hydrogens is 400 g/mol. The lowest BCUT2D eigenvalue weighted by Gasteiger charge is -2.13. The molecule has 1 atom stereocenters. The van der Waals surface area contributed by atoms with E-state index in [-0.39, 0.29) is 23.2 Å². The normalized spacial score (nSPS) is 11.2. The highest BCUT2D eigenvalue weighted by Crippen LogP contribution is 2.09. The monoisotopic (exact) mass is 420 g/mol. The molecular formula is C18H20N4O6S. The summed E-state index contributed by atoms with van der Waals surface area (Å²) in [6.45, 7) is 3.03. The number of benzene rings is 1. The molecule has 1 aromatic heterocycles. The first kappa shape index (κ1) is 22.0. The van der Waals surface area contributed by atoms with Gasteiger partial charge in [-0.2, -0.15) is 0 Å². The van der Waals surface area contributed by atoms with E-state index in [4.69, 9.17) is 9.26 Å². The van der Waals surface area contributed by atoms with Gasteiger partial charge in [0.1, 0.15) is 5.76 Å². The summed E-state index contributed by atoms with van der Waals surface area (Å²) in [5.41, 5.74) is 0.512. The van der Waals surface area contributed by atoms with Gasteiger partial charge in [0.15, 0.2) is 11.9 Å². The van der Waals surface area contributed by atoms with Crippen LogP contribution in [0.5, 0.6) is 0 Å². The number of anilines is 2. The van der Waals surface area contributed by atoms with E-state index < -0.39 is 24.0 Å². The highest BCUT2D eigenvalue weighted by atomic mass is 32.2. The molecule has 4 amide bonds. The molecule has 2 aromatic rings. The third-order valence-corrected chi connectivity index (χ3v) is 4.20. The smallest absolute Gasteiger partial charge is 0.325 e. The average Bonchev–Trinajstić information content (AvgIpc) is 3.06. The van der Waals surface area contributed by atoms with Crippen LogP contribution < -0.4 is 16.0 Å². The predicted octanol–water partition coefficient (Wildman–Crippen LogP) is 1.93. The molecule has 1 heterocycles. The molecule has 0 saturated carbocycles. The maximum Gasteiger partial charge on any atom is 0.325 e. The Morgan fingerprint density at radius 1 is 1.14 bits per heavy atom. The molecule has 2 rings (SSSR count). The standard InChI is InChI=1S/C18H20N4O6S/c1-11-8-14(22-28-11)20-15(23)9-29-10-16(24)27-12(2)17(25)21-18(26)19-13-6-4-3-5-7-13/h3-8,12H,9-10H2,1-2H3,(H,20,22,23)(H2,19,21,25,26). The van der Waals surface area contributed by atoms with Crippen molar-refractivity contribution >= 4 is 47.1 Å². The molecule has 11 heteroatoms. The zero-order chi connectivity index (χ0) is 21.2. The summed E-state index contributed by atoms with van der Waals surface area (Å²) in [4.78, 5) is 47.2. The van der Waals surface area contributed by atoms with E-state index in [0.29, 0.717) is 11.4 Å². The van der Waals surface area contributed by atoms with Gasteiger partial charge in [-0.1, -0.05) is 23.4 Å². The van der Waals surface area contributed by atoms with Gasteiger partial charge in [-0.15, -0.1) is 11.8 Å². The van der Waals surface area contributed by atoms with Crippen molar-refractivity contribution in [2.24, 2.45) is 0 Å². The summed E-state index contributed by atoms with van der Waals surface area (Å²) in [6, 6.07) is 9.38. The molecule has 29 heavy (non-hydrogen) atoms. The van der Waals surface area contributed by atoms with Gasteiger partial charge in [0, 0.05) is 11.8 Å². The number of hydrogen-bond donors (Lipinski definition) is 3. The van der Waals surface area contributed by atoms with Crippen molar-refractivity contribution in [3.05, 3.63) is 42.2 Å². The van der Waals surface area contributed by atoms with Crippen LogP contribution in [0.4, 0.5) is 16.3 Å². The number of nitrogens with one attached hydrogen (secondary N) is 3. The number of amides is 4. The Hall–Kier alpha value is -3.34. The number of aromatic nitrogens is 1. The number of carbonyl (C=O) groups excluding carboxylic acids is 4. The van der Waals surface area contributed by atoms with Gasteiger partial charge in [0.2, 0.25) is 5.91 Å². The molecule has 0 saturated heterocycles. The molecule has 0 aliphatic carbocycles. The maximum absolute atomic E-state index is 11.9. The number of nitrogens with zero attached hydrogens (tertiary/aromatic N) is 1. The number of esters is 1. The SMILES string of the molecule is Cc1cc(NC(=O)CSCC(=O)OC(C)C(=O)NC(=O)Nc2ccccc2)no1. The van der Waals surface area contributed by atoms with E-state index in [1.807, 2.05) is 0 Å². The Bertz CT molecular complexity index is 870. The minimum Gasteiger partial charge on any atom is -0.452 e. The lowest BCUT2D eigenvalue weighted by atomic mass is 10.3. The highest BCUT2D eigenvalue weighted by molar-refractivity contribution is 8.00. The van der Waals surface area contributed by atoms with Crippen LogP contribution >= 0.6 is 11.8 Å².